The van der Waals surface area contributed by atoms with Crippen LogP contribution in [0.5, 0.6) is 28.7 Å². The molecule has 1 heterocycles. The number of carbonyl (C=O) groups is 1. The molecule has 0 atom stereocenters. The zero-order chi connectivity index (χ0) is 26.9. The van der Waals surface area contributed by atoms with E-state index in [1.54, 1.807) is 45.5 Å². The summed E-state index contributed by atoms with van der Waals surface area (Å²) in [5.74, 6) is 2.96. The molecule has 4 rings (SSSR count). The van der Waals surface area contributed by atoms with Crippen LogP contribution in [0.3, 0.4) is 0 Å². The Bertz CT molecular complexity index is 1220. The highest BCUT2D eigenvalue weighted by Crippen LogP contribution is 2.37. The molecule has 1 aliphatic rings. The number of fused-ring (bicyclic) bond motifs is 1. The highest BCUT2D eigenvalue weighted by atomic mass is 16.5. The van der Waals surface area contributed by atoms with Crippen LogP contribution in [0.2, 0.25) is 0 Å². The maximum absolute atomic E-state index is 13.2. The molecule has 0 spiro atoms. The minimum absolute atomic E-state index is 0.0628. The summed E-state index contributed by atoms with van der Waals surface area (Å²) in [6.07, 6.45) is 1.68. The first-order valence-corrected chi connectivity index (χ1v) is 12.7. The normalized spacial score (nSPS) is 12.7. The Hall–Kier alpha value is -3.91. The van der Waals surface area contributed by atoms with Crippen LogP contribution in [0, 0.1) is 0 Å². The molecule has 3 aromatic rings. The Kier molecular flexibility index (Phi) is 9.32. The highest BCUT2D eigenvalue weighted by Gasteiger charge is 2.27. The van der Waals surface area contributed by atoms with Gasteiger partial charge in [0.2, 0.25) is 0 Å². The molecule has 0 N–H and O–H groups in total. The fraction of sp³-hybridized carbons (Fsp3) is 0.367. The zero-order valence-electron chi connectivity index (χ0n) is 22.6. The lowest BCUT2D eigenvalue weighted by Gasteiger charge is -2.30. The van der Waals surface area contributed by atoms with Crippen LogP contribution in [0.4, 0.5) is 0 Å². The van der Waals surface area contributed by atoms with Gasteiger partial charge in [-0.1, -0.05) is 36.4 Å². The van der Waals surface area contributed by atoms with Crippen molar-refractivity contribution in [3.05, 3.63) is 77.4 Å². The molecule has 8 heteroatoms. The maximum Gasteiger partial charge on any atom is 0.260 e. The number of amides is 1. The molecule has 0 fully saturated rings. The van der Waals surface area contributed by atoms with E-state index in [0.29, 0.717) is 29.4 Å². The number of nitrogens with zero attached hydrogens (tertiary/aromatic N) is 2. The lowest BCUT2D eigenvalue weighted by molar-refractivity contribution is 0.0507. The van der Waals surface area contributed by atoms with Gasteiger partial charge in [0.25, 0.3) is 5.91 Å². The first-order chi connectivity index (χ1) is 18.6. The van der Waals surface area contributed by atoms with Crippen LogP contribution in [0.15, 0.2) is 60.7 Å². The van der Waals surface area contributed by atoms with Gasteiger partial charge < -0.3 is 28.6 Å². The molecule has 0 unspecified atom stereocenters. The molecule has 202 valence electrons. The lowest BCUT2D eigenvalue weighted by atomic mass is 10.1. The van der Waals surface area contributed by atoms with Crippen molar-refractivity contribution in [1.29, 1.82) is 0 Å². The summed E-state index contributed by atoms with van der Waals surface area (Å²) in [4.78, 5) is 17.3. The van der Waals surface area contributed by atoms with E-state index in [4.69, 9.17) is 23.7 Å². The van der Waals surface area contributed by atoms with Crippen molar-refractivity contribution in [2.45, 2.75) is 19.4 Å². The van der Waals surface area contributed by atoms with Crippen LogP contribution < -0.4 is 23.7 Å². The minimum Gasteiger partial charge on any atom is -0.493 e. The summed E-state index contributed by atoms with van der Waals surface area (Å²) in [7, 11) is 6.41. The van der Waals surface area contributed by atoms with Gasteiger partial charge >= 0.3 is 0 Å². The summed E-state index contributed by atoms with van der Waals surface area (Å²) in [5.41, 5.74) is 2.93. The summed E-state index contributed by atoms with van der Waals surface area (Å²) >= 11 is 0. The average Bonchev–Trinajstić information content (AvgIpc) is 2.96. The van der Waals surface area contributed by atoms with Gasteiger partial charge in [-0.2, -0.15) is 0 Å². The first-order valence-electron chi connectivity index (χ1n) is 12.7. The third-order valence-corrected chi connectivity index (χ3v) is 6.70. The molecular formula is C30H36N2O6. The fourth-order valence-corrected chi connectivity index (χ4v) is 4.61. The van der Waals surface area contributed by atoms with E-state index >= 15 is 0 Å². The predicted molar refractivity (Wildman–Crippen MR) is 146 cm³/mol. The van der Waals surface area contributed by atoms with Crippen molar-refractivity contribution in [3.8, 4) is 28.7 Å². The smallest absolute Gasteiger partial charge is 0.260 e. The summed E-state index contributed by atoms with van der Waals surface area (Å²) in [6, 6.07) is 19.9. The van der Waals surface area contributed by atoms with Crippen molar-refractivity contribution in [1.82, 2.24) is 9.80 Å². The van der Waals surface area contributed by atoms with Crippen LogP contribution >= 0.6 is 0 Å². The molecule has 0 aromatic heterocycles. The quantitative estimate of drug-likeness (QED) is 0.325. The van der Waals surface area contributed by atoms with E-state index in [1.165, 1.54) is 11.1 Å². The highest BCUT2D eigenvalue weighted by molar-refractivity contribution is 5.98. The van der Waals surface area contributed by atoms with Crippen LogP contribution in [0.25, 0.3) is 0 Å². The summed E-state index contributed by atoms with van der Waals surface area (Å²) in [5, 5.41) is 0. The van der Waals surface area contributed by atoms with Crippen molar-refractivity contribution in [3.63, 3.8) is 0 Å². The van der Waals surface area contributed by atoms with Crippen LogP contribution in [-0.2, 0) is 13.0 Å². The van der Waals surface area contributed by atoms with E-state index in [-0.39, 0.29) is 12.6 Å². The summed E-state index contributed by atoms with van der Waals surface area (Å²) in [6.45, 7) is 3.34. The van der Waals surface area contributed by atoms with Gasteiger partial charge in [0, 0.05) is 38.3 Å². The lowest BCUT2D eigenvalue weighted by Crippen LogP contribution is -2.40. The zero-order valence-corrected chi connectivity index (χ0v) is 22.6. The topological polar surface area (TPSA) is 69.7 Å². The van der Waals surface area contributed by atoms with Gasteiger partial charge in [-0.05, 0) is 36.1 Å². The van der Waals surface area contributed by atoms with Crippen molar-refractivity contribution in [2.75, 3.05) is 54.8 Å². The second-order valence-corrected chi connectivity index (χ2v) is 9.10. The second-order valence-electron chi connectivity index (χ2n) is 9.10. The van der Waals surface area contributed by atoms with E-state index < -0.39 is 0 Å². The van der Waals surface area contributed by atoms with E-state index in [0.717, 1.165) is 44.0 Å². The number of rotatable bonds is 13. The van der Waals surface area contributed by atoms with Gasteiger partial charge in [0.1, 0.15) is 5.75 Å². The largest absolute Gasteiger partial charge is 0.493 e. The van der Waals surface area contributed by atoms with Crippen molar-refractivity contribution >= 4 is 5.91 Å². The number of ether oxygens (including phenoxy) is 5. The molecule has 0 aliphatic carbocycles. The second kappa shape index (κ2) is 13.1. The van der Waals surface area contributed by atoms with Crippen LogP contribution in [-0.4, -0.2) is 70.5 Å². The molecule has 38 heavy (non-hydrogen) atoms. The third-order valence-electron chi connectivity index (χ3n) is 6.70. The Morgan fingerprint density at radius 3 is 2.18 bits per heavy atom. The molecule has 0 saturated heterocycles. The number of hydrogen-bond acceptors (Lipinski definition) is 7. The number of methoxy groups -OCH3 is 4. The summed E-state index contributed by atoms with van der Waals surface area (Å²) < 4.78 is 27.4. The van der Waals surface area contributed by atoms with E-state index in [9.17, 15) is 4.79 Å². The number of benzene rings is 3. The Morgan fingerprint density at radius 2 is 1.47 bits per heavy atom. The first kappa shape index (κ1) is 27.1. The van der Waals surface area contributed by atoms with E-state index in [2.05, 4.69) is 35.2 Å². The molecule has 1 aliphatic heterocycles. The van der Waals surface area contributed by atoms with Crippen molar-refractivity contribution < 1.29 is 28.5 Å². The molecule has 0 saturated carbocycles. The Labute approximate surface area is 224 Å². The number of carbonyl (C=O) groups excluding carboxylic acids is 1. The predicted octanol–water partition coefficient (Wildman–Crippen LogP) is 4.65. The monoisotopic (exact) mass is 520 g/mol. The van der Waals surface area contributed by atoms with Crippen LogP contribution in [0.1, 0.15) is 27.9 Å². The average molecular weight is 521 g/mol. The molecule has 0 radical (unpaired) electrons. The Balaban J connectivity index is 1.39. The molecular weight excluding hydrogens is 484 g/mol. The SMILES string of the molecule is COc1ccc(CCN(CCCN2COc3cc(OC)c(OC)cc3C2=O)Cc2ccccc2)cc1OC. The van der Waals surface area contributed by atoms with Gasteiger partial charge in [-0.3, -0.25) is 9.69 Å². The van der Waals surface area contributed by atoms with Crippen molar-refractivity contribution in [2.24, 2.45) is 0 Å². The third kappa shape index (κ3) is 6.50. The molecule has 8 nitrogen and oxygen atoms in total. The fourth-order valence-electron chi connectivity index (χ4n) is 4.61. The van der Waals surface area contributed by atoms with E-state index in [1.807, 2.05) is 18.2 Å². The molecule has 0 bridgehead atoms. The molecule has 3 aromatic carbocycles. The standard InChI is InChI=1S/C30H36N2O6/c1-34-25-12-11-22(17-27(25)35-2)13-16-31(20-23-9-6-5-7-10-23)14-8-15-32-21-38-26-19-29(37-4)28(36-3)18-24(26)30(32)33/h5-7,9-12,17-19H,8,13-16,20-21H2,1-4H3. The number of hydrogen-bond donors (Lipinski definition) is 0. The maximum atomic E-state index is 13.2. The van der Waals surface area contributed by atoms with Gasteiger partial charge in [0.05, 0.1) is 34.0 Å². The van der Waals surface area contributed by atoms with Gasteiger partial charge in [0.15, 0.2) is 29.7 Å². The van der Waals surface area contributed by atoms with Gasteiger partial charge in [-0.25, -0.2) is 0 Å². The minimum atomic E-state index is -0.0628. The molecule has 1 amide bonds. The van der Waals surface area contributed by atoms with Gasteiger partial charge in [-0.15, -0.1) is 0 Å². The Morgan fingerprint density at radius 1 is 0.789 bits per heavy atom.